The Morgan fingerprint density at radius 2 is 1.83 bits per heavy atom. The lowest BCUT2D eigenvalue weighted by atomic mass is 10.2. The number of aromatic nitrogens is 1. The van der Waals surface area contributed by atoms with Crippen molar-refractivity contribution >= 4 is 5.69 Å². The van der Waals surface area contributed by atoms with Gasteiger partial charge in [-0.3, -0.25) is 0 Å². The van der Waals surface area contributed by atoms with Gasteiger partial charge in [-0.15, -0.1) is 0 Å². The van der Waals surface area contributed by atoms with E-state index in [0.717, 1.165) is 19.4 Å². The van der Waals surface area contributed by atoms with Gasteiger partial charge in [-0.2, -0.15) is 22.5 Å². The van der Waals surface area contributed by atoms with E-state index in [0.29, 0.717) is 0 Å². The van der Waals surface area contributed by atoms with Crippen molar-refractivity contribution in [3.8, 4) is 0 Å². The van der Waals surface area contributed by atoms with E-state index >= 15 is 0 Å². The van der Waals surface area contributed by atoms with E-state index in [-0.39, 0.29) is 12.6 Å². The van der Waals surface area contributed by atoms with Gasteiger partial charge in [0.2, 0.25) is 11.6 Å². The summed E-state index contributed by atoms with van der Waals surface area (Å²) in [5.74, 6) is -6.27. The predicted molar refractivity (Wildman–Crippen MR) is 58.2 cm³/mol. The summed E-state index contributed by atoms with van der Waals surface area (Å²) in [6, 6.07) is 0.100. The summed E-state index contributed by atoms with van der Waals surface area (Å²) in [6.45, 7) is 1.13. The molecule has 0 radical (unpaired) electrons. The van der Waals surface area contributed by atoms with Crippen LogP contribution in [0, 0.1) is 23.5 Å². The van der Waals surface area contributed by atoms with Gasteiger partial charge in [0.15, 0.2) is 0 Å². The molecule has 0 bridgehead atoms. The maximum absolute atomic E-state index is 13.3. The minimum Gasteiger partial charge on any atom is -0.378 e. The zero-order valence-corrected chi connectivity index (χ0v) is 9.81. The van der Waals surface area contributed by atoms with Gasteiger partial charge in [-0.25, -0.2) is 0 Å². The fourth-order valence-corrected chi connectivity index (χ4v) is 2.10. The molecule has 3 nitrogen and oxygen atoms in total. The average Bonchev–Trinajstić information content (AvgIpc) is 2.73. The minimum absolute atomic E-state index is 0.100. The second kappa shape index (κ2) is 5.09. The molecule has 0 aromatic carbocycles. The van der Waals surface area contributed by atoms with Crippen LogP contribution in [0.2, 0.25) is 0 Å². The van der Waals surface area contributed by atoms with Gasteiger partial charge in [0.05, 0.1) is 0 Å². The summed E-state index contributed by atoms with van der Waals surface area (Å²) in [5.41, 5.74) is -0.791. The molecule has 1 aromatic rings. The lowest BCUT2D eigenvalue weighted by Crippen LogP contribution is -2.32. The first-order valence-corrected chi connectivity index (χ1v) is 5.64. The number of likely N-dealkylation sites (N-methyl/N-ethyl adjacent to an activating group) is 1. The fourth-order valence-electron chi connectivity index (χ4n) is 2.10. The second-order valence-corrected chi connectivity index (χ2v) is 4.35. The first-order valence-electron chi connectivity index (χ1n) is 5.64. The highest BCUT2D eigenvalue weighted by Gasteiger charge is 2.24. The molecule has 0 amide bonds. The summed E-state index contributed by atoms with van der Waals surface area (Å²) in [7, 11) is 1.89. The third-order valence-corrected chi connectivity index (χ3v) is 3.18. The van der Waals surface area contributed by atoms with Gasteiger partial charge in [-0.1, -0.05) is 0 Å². The Kier molecular flexibility index (Phi) is 3.70. The topological polar surface area (TPSA) is 28.2 Å². The van der Waals surface area contributed by atoms with Gasteiger partial charge < -0.3 is 10.2 Å². The van der Waals surface area contributed by atoms with Crippen molar-refractivity contribution in [2.75, 3.05) is 25.5 Å². The predicted octanol–water partition coefficient (Wildman–Crippen LogP) is 2.14. The zero-order chi connectivity index (χ0) is 13.3. The molecule has 1 N–H and O–H groups in total. The van der Waals surface area contributed by atoms with E-state index in [1.807, 2.05) is 11.9 Å². The van der Waals surface area contributed by atoms with Crippen molar-refractivity contribution in [1.29, 1.82) is 0 Å². The zero-order valence-electron chi connectivity index (χ0n) is 9.81. The highest BCUT2D eigenvalue weighted by atomic mass is 19.2. The van der Waals surface area contributed by atoms with E-state index in [2.05, 4.69) is 10.3 Å². The third-order valence-electron chi connectivity index (χ3n) is 3.18. The van der Waals surface area contributed by atoms with E-state index in [4.69, 9.17) is 0 Å². The van der Waals surface area contributed by atoms with Crippen LogP contribution in [0.25, 0.3) is 0 Å². The summed E-state index contributed by atoms with van der Waals surface area (Å²) >= 11 is 0. The minimum atomic E-state index is -1.64. The molecule has 1 aromatic heterocycles. The highest BCUT2D eigenvalue weighted by molar-refractivity contribution is 5.45. The molecule has 18 heavy (non-hydrogen) atoms. The molecule has 7 heteroatoms. The van der Waals surface area contributed by atoms with E-state index in [1.165, 1.54) is 0 Å². The number of anilines is 1. The molecule has 0 saturated carbocycles. The molecule has 2 heterocycles. The molecule has 0 aliphatic carbocycles. The average molecular weight is 263 g/mol. The van der Waals surface area contributed by atoms with Crippen molar-refractivity contribution < 1.29 is 17.6 Å². The Hall–Kier alpha value is -1.37. The van der Waals surface area contributed by atoms with E-state index in [9.17, 15) is 17.6 Å². The van der Waals surface area contributed by atoms with Crippen LogP contribution in [0.1, 0.15) is 12.8 Å². The number of rotatable bonds is 3. The normalized spacial score (nSPS) is 20.4. The quantitative estimate of drug-likeness (QED) is 0.669. The molecular weight excluding hydrogens is 250 g/mol. The molecule has 1 saturated heterocycles. The monoisotopic (exact) mass is 263 g/mol. The molecule has 0 spiro atoms. The molecule has 1 atom stereocenters. The van der Waals surface area contributed by atoms with Crippen LogP contribution < -0.4 is 5.32 Å². The van der Waals surface area contributed by atoms with Gasteiger partial charge in [-0.05, 0) is 26.4 Å². The Labute approximate surface area is 102 Å². The summed E-state index contributed by atoms with van der Waals surface area (Å²) in [4.78, 5) is 4.52. The maximum atomic E-state index is 13.3. The Balaban J connectivity index is 2.13. The second-order valence-electron chi connectivity index (χ2n) is 4.35. The van der Waals surface area contributed by atoms with Crippen molar-refractivity contribution in [2.45, 2.75) is 18.9 Å². The maximum Gasteiger partial charge on any atom is 0.253 e. The molecular formula is C11H13F4N3. The number of halogens is 4. The number of nitrogens with one attached hydrogen (secondary N) is 1. The number of hydrogen-bond acceptors (Lipinski definition) is 3. The van der Waals surface area contributed by atoms with Crippen LogP contribution in [-0.4, -0.2) is 36.1 Å². The molecule has 100 valence electrons. The highest BCUT2D eigenvalue weighted by Crippen LogP contribution is 2.23. The van der Waals surface area contributed by atoms with Crippen molar-refractivity contribution in [3.05, 3.63) is 23.5 Å². The standard InChI is InChI=1S/C11H13F4N3/c1-18-4-2-3-6(18)5-16-9-7(12)10(14)17-11(15)8(9)13/h6H,2-5H2,1H3,(H,16,17). The van der Waals surface area contributed by atoms with Gasteiger partial charge >= 0.3 is 0 Å². The van der Waals surface area contributed by atoms with Crippen molar-refractivity contribution in [1.82, 2.24) is 9.88 Å². The largest absolute Gasteiger partial charge is 0.378 e. The van der Waals surface area contributed by atoms with Gasteiger partial charge in [0.25, 0.3) is 11.9 Å². The molecule has 1 aliphatic heterocycles. The van der Waals surface area contributed by atoms with Crippen LogP contribution >= 0.6 is 0 Å². The molecule has 1 unspecified atom stereocenters. The lowest BCUT2D eigenvalue weighted by molar-refractivity contribution is 0.321. The summed E-state index contributed by atoms with van der Waals surface area (Å²) in [5, 5.41) is 2.42. The summed E-state index contributed by atoms with van der Waals surface area (Å²) < 4.78 is 52.3. The fraction of sp³-hybridized carbons (Fsp3) is 0.545. The smallest absolute Gasteiger partial charge is 0.253 e. The van der Waals surface area contributed by atoms with Crippen LogP contribution in [0.15, 0.2) is 0 Å². The Bertz CT molecular complexity index is 426. The van der Waals surface area contributed by atoms with Crippen molar-refractivity contribution in [2.24, 2.45) is 0 Å². The molecule has 1 fully saturated rings. The number of hydrogen-bond donors (Lipinski definition) is 1. The van der Waals surface area contributed by atoms with Gasteiger partial charge in [0, 0.05) is 12.6 Å². The van der Waals surface area contributed by atoms with Crippen LogP contribution in [0.5, 0.6) is 0 Å². The number of likely N-dealkylation sites (tertiary alicyclic amines) is 1. The van der Waals surface area contributed by atoms with Crippen molar-refractivity contribution in [3.63, 3.8) is 0 Å². The van der Waals surface area contributed by atoms with Crippen LogP contribution in [0.3, 0.4) is 0 Å². The van der Waals surface area contributed by atoms with Gasteiger partial charge in [0.1, 0.15) is 5.69 Å². The lowest BCUT2D eigenvalue weighted by Gasteiger charge is -2.20. The first-order chi connectivity index (χ1) is 8.50. The Morgan fingerprint density at radius 3 is 2.33 bits per heavy atom. The van der Waals surface area contributed by atoms with E-state index in [1.54, 1.807) is 0 Å². The molecule has 2 rings (SSSR count). The first kappa shape index (κ1) is 13.1. The van der Waals surface area contributed by atoms with Crippen LogP contribution in [0.4, 0.5) is 23.2 Å². The summed E-state index contributed by atoms with van der Waals surface area (Å²) in [6.07, 6.45) is 1.87. The van der Waals surface area contributed by atoms with E-state index < -0.39 is 29.2 Å². The van der Waals surface area contributed by atoms with Crippen LogP contribution in [-0.2, 0) is 0 Å². The molecule has 1 aliphatic rings. The third kappa shape index (κ3) is 2.40. The number of pyridine rings is 1. The SMILES string of the molecule is CN1CCCC1CNc1c(F)c(F)nc(F)c1F. The Morgan fingerprint density at radius 1 is 1.22 bits per heavy atom. The number of nitrogens with zero attached hydrogens (tertiary/aromatic N) is 2.